The van der Waals surface area contributed by atoms with Crippen molar-refractivity contribution < 1.29 is 19.7 Å². The fourth-order valence-electron chi connectivity index (χ4n) is 2.18. The van der Waals surface area contributed by atoms with Gasteiger partial charge in [0.15, 0.2) is 6.29 Å². The average Bonchev–Trinajstić information content (AvgIpc) is 2.62. The van der Waals surface area contributed by atoms with E-state index in [9.17, 15) is 9.90 Å². The number of aliphatic hydroxyl groups is 1. The third-order valence-corrected chi connectivity index (χ3v) is 3.11. The Morgan fingerprint density at radius 2 is 2.31 bits per heavy atom. The van der Waals surface area contributed by atoms with Crippen LogP contribution >= 0.6 is 0 Å². The number of hydrogen-bond donors (Lipinski definition) is 2. The second-order valence-corrected chi connectivity index (χ2v) is 3.92. The number of carboxylic acids is 1. The molecule has 16 heavy (non-hydrogen) atoms. The maximum Gasteiger partial charge on any atom is 0.336 e. The molecule has 0 fully saturated rings. The summed E-state index contributed by atoms with van der Waals surface area (Å²) < 4.78 is 5.09. The topological polar surface area (TPSA) is 66.8 Å². The van der Waals surface area contributed by atoms with E-state index < -0.39 is 12.3 Å². The lowest BCUT2D eigenvalue weighted by molar-refractivity contribution is -0.0922. The van der Waals surface area contributed by atoms with Gasteiger partial charge in [-0.15, -0.1) is 0 Å². The molecule has 1 atom stereocenters. The molecule has 1 aliphatic rings. The molecule has 0 saturated heterocycles. The Labute approximate surface area is 93.5 Å². The van der Waals surface area contributed by atoms with Crippen LogP contribution < -0.4 is 0 Å². The molecule has 1 unspecified atom stereocenters. The summed E-state index contributed by atoms with van der Waals surface area (Å²) in [6.07, 6.45) is -0.333. The van der Waals surface area contributed by atoms with Gasteiger partial charge in [-0.25, -0.2) is 4.79 Å². The monoisotopic (exact) mass is 222 g/mol. The Morgan fingerprint density at radius 1 is 1.62 bits per heavy atom. The molecule has 2 N–H and O–H groups in total. The Balaban J connectivity index is 2.71. The molecule has 2 rings (SSSR count). The fourth-order valence-corrected chi connectivity index (χ4v) is 2.18. The summed E-state index contributed by atoms with van der Waals surface area (Å²) in [5.41, 5.74) is 3.42. The predicted octanol–water partition coefficient (Wildman–Crippen LogP) is 1.78. The van der Waals surface area contributed by atoms with Crippen molar-refractivity contribution in [1.29, 1.82) is 0 Å². The van der Waals surface area contributed by atoms with Crippen LogP contribution in [0.3, 0.4) is 0 Å². The van der Waals surface area contributed by atoms with E-state index in [-0.39, 0.29) is 12.2 Å². The number of benzene rings is 1. The van der Waals surface area contributed by atoms with Gasteiger partial charge in [-0.1, -0.05) is 6.92 Å². The van der Waals surface area contributed by atoms with Crippen molar-refractivity contribution in [1.82, 2.24) is 0 Å². The number of carboxylic acid groups (broad SMARTS) is 1. The van der Waals surface area contributed by atoms with Crippen LogP contribution in [0.1, 0.15) is 45.8 Å². The quantitative estimate of drug-likeness (QED) is 0.800. The zero-order valence-corrected chi connectivity index (χ0v) is 9.28. The van der Waals surface area contributed by atoms with E-state index in [1.807, 2.05) is 13.8 Å². The van der Waals surface area contributed by atoms with Crippen molar-refractivity contribution in [2.75, 3.05) is 0 Å². The molecule has 0 aromatic heterocycles. The van der Waals surface area contributed by atoms with Crippen LogP contribution in [0.4, 0.5) is 0 Å². The number of carbonyl (C=O) groups is 1. The Bertz CT molecular complexity index is 451. The van der Waals surface area contributed by atoms with Crippen LogP contribution in [-0.4, -0.2) is 16.2 Å². The van der Waals surface area contributed by atoms with Crippen LogP contribution in [0.25, 0.3) is 0 Å². The summed E-state index contributed by atoms with van der Waals surface area (Å²) in [5, 5.41) is 18.7. The smallest absolute Gasteiger partial charge is 0.336 e. The van der Waals surface area contributed by atoms with Crippen molar-refractivity contribution >= 4 is 5.97 Å². The SMILES string of the molecule is CCc1cc(C(=O)O)c2c(c1C)COC2O. The molecule has 0 radical (unpaired) electrons. The molecule has 0 saturated carbocycles. The van der Waals surface area contributed by atoms with Crippen LogP contribution in [-0.2, 0) is 17.8 Å². The zero-order valence-electron chi connectivity index (χ0n) is 9.28. The van der Waals surface area contributed by atoms with Gasteiger partial charge in [0.25, 0.3) is 0 Å². The zero-order chi connectivity index (χ0) is 11.9. The first kappa shape index (κ1) is 11.1. The second kappa shape index (κ2) is 3.88. The van der Waals surface area contributed by atoms with Gasteiger partial charge in [0, 0.05) is 5.56 Å². The van der Waals surface area contributed by atoms with E-state index in [0.717, 1.165) is 23.1 Å². The van der Waals surface area contributed by atoms with Crippen molar-refractivity contribution in [3.8, 4) is 0 Å². The van der Waals surface area contributed by atoms with Gasteiger partial charge in [-0.05, 0) is 36.1 Å². The molecule has 1 aromatic carbocycles. The average molecular weight is 222 g/mol. The van der Waals surface area contributed by atoms with E-state index >= 15 is 0 Å². The summed E-state index contributed by atoms with van der Waals surface area (Å²) in [7, 11) is 0. The number of aromatic carboxylic acids is 1. The lowest BCUT2D eigenvalue weighted by atomic mass is 9.92. The number of rotatable bonds is 2. The first-order chi connectivity index (χ1) is 7.56. The first-order valence-corrected chi connectivity index (χ1v) is 5.24. The number of hydrogen-bond acceptors (Lipinski definition) is 3. The highest BCUT2D eigenvalue weighted by Crippen LogP contribution is 2.35. The third kappa shape index (κ3) is 1.50. The largest absolute Gasteiger partial charge is 0.478 e. The molecular formula is C12H14O4. The maximum atomic E-state index is 11.1. The second-order valence-electron chi connectivity index (χ2n) is 3.92. The summed E-state index contributed by atoms with van der Waals surface area (Å²) in [6, 6.07) is 1.63. The Hall–Kier alpha value is -1.39. The summed E-state index contributed by atoms with van der Waals surface area (Å²) >= 11 is 0. The van der Waals surface area contributed by atoms with Gasteiger partial charge in [0.1, 0.15) is 0 Å². The van der Waals surface area contributed by atoms with Crippen molar-refractivity contribution in [3.05, 3.63) is 33.9 Å². The van der Waals surface area contributed by atoms with Crippen molar-refractivity contribution in [2.24, 2.45) is 0 Å². The molecule has 0 spiro atoms. The Morgan fingerprint density at radius 3 is 2.88 bits per heavy atom. The summed E-state index contributed by atoms with van der Waals surface area (Å²) in [5.74, 6) is -1.02. The molecule has 0 bridgehead atoms. The molecule has 1 aliphatic heterocycles. The highest BCUT2D eigenvalue weighted by Gasteiger charge is 2.29. The standard InChI is InChI=1S/C12H14O4/c1-3-7-4-8(11(13)14)10-9(6(7)2)5-16-12(10)15/h4,12,15H,3,5H2,1-2H3,(H,13,14). The lowest BCUT2D eigenvalue weighted by Crippen LogP contribution is -2.08. The molecule has 1 heterocycles. The number of aliphatic hydroxyl groups excluding tert-OH is 1. The first-order valence-electron chi connectivity index (χ1n) is 5.24. The van der Waals surface area contributed by atoms with E-state index in [1.165, 1.54) is 0 Å². The molecular weight excluding hydrogens is 208 g/mol. The minimum atomic E-state index is -1.11. The van der Waals surface area contributed by atoms with Crippen LogP contribution in [0.5, 0.6) is 0 Å². The van der Waals surface area contributed by atoms with E-state index in [4.69, 9.17) is 9.84 Å². The fraction of sp³-hybridized carbons (Fsp3) is 0.417. The van der Waals surface area contributed by atoms with E-state index in [2.05, 4.69) is 0 Å². The van der Waals surface area contributed by atoms with Crippen LogP contribution in [0, 0.1) is 6.92 Å². The van der Waals surface area contributed by atoms with Gasteiger partial charge in [-0.3, -0.25) is 0 Å². The molecule has 86 valence electrons. The normalized spacial score (nSPS) is 18.6. The van der Waals surface area contributed by atoms with E-state index in [0.29, 0.717) is 5.56 Å². The van der Waals surface area contributed by atoms with Crippen molar-refractivity contribution in [3.63, 3.8) is 0 Å². The minimum Gasteiger partial charge on any atom is -0.478 e. The Kier molecular flexibility index (Phi) is 2.69. The van der Waals surface area contributed by atoms with Gasteiger partial charge in [0.2, 0.25) is 0 Å². The van der Waals surface area contributed by atoms with Gasteiger partial charge >= 0.3 is 5.97 Å². The number of fused-ring (bicyclic) bond motifs is 1. The number of ether oxygens (including phenoxy) is 1. The summed E-state index contributed by atoms with van der Waals surface area (Å²) in [6.45, 7) is 4.20. The minimum absolute atomic E-state index is 0.155. The third-order valence-electron chi connectivity index (χ3n) is 3.11. The predicted molar refractivity (Wildman–Crippen MR) is 57.3 cm³/mol. The molecule has 4 heteroatoms. The van der Waals surface area contributed by atoms with E-state index in [1.54, 1.807) is 6.07 Å². The highest BCUT2D eigenvalue weighted by atomic mass is 16.6. The lowest BCUT2D eigenvalue weighted by Gasteiger charge is -2.12. The molecule has 1 aromatic rings. The van der Waals surface area contributed by atoms with Gasteiger partial charge in [-0.2, -0.15) is 0 Å². The van der Waals surface area contributed by atoms with Gasteiger partial charge < -0.3 is 14.9 Å². The van der Waals surface area contributed by atoms with Crippen molar-refractivity contribution in [2.45, 2.75) is 33.2 Å². The molecule has 0 amide bonds. The maximum absolute atomic E-state index is 11.1. The molecule has 0 aliphatic carbocycles. The van der Waals surface area contributed by atoms with Gasteiger partial charge in [0.05, 0.1) is 12.2 Å². The van der Waals surface area contributed by atoms with Crippen LogP contribution in [0.2, 0.25) is 0 Å². The molecule has 4 nitrogen and oxygen atoms in total. The van der Waals surface area contributed by atoms with Crippen LogP contribution in [0.15, 0.2) is 6.07 Å². The number of aryl methyl sites for hydroxylation is 1. The highest BCUT2D eigenvalue weighted by molar-refractivity contribution is 5.90. The summed E-state index contributed by atoms with van der Waals surface area (Å²) in [4.78, 5) is 11.1.